The van der Waals surface area contributed by atoms with E-state index < -0.39 is 0 Å². The average Bonchev–Trinajstić information content (AvgIpc) is 2.84. The number of aromatic nitrogens is 2. The summed E-state index contributed by atoms with van der Waals surface area (Å²) < 4.78 is 19.2. The van der Waals surface area contributed by atoms with Crippen molar-refractivity contribution in [3.8, 4) is 11.4 Å². The molecule has 0 bridgehead atoms. The molecule has 1 aromatic heterocycles. The molecule has 0 saturated heterocycles. The molecule has 2 rings (SSSR count). The summed E-state index contributed by atoms with van der Waals surface area (Å²) in [5.74, 6) is 0.740. The van der Waals surface area contributed by atoms with Crippen LogP contribution in [0.25, 0.3) is 11.4 Å². The molecule has 4 nitrogen and oxygen atoms in total. The van der Waals surface area contributed by atoms with E-state index in [1.54, 1.807) is 6.07 Å². The molecule has 2 aromatic rings. The highest BCUT2D eigenvalue weighted by atomic mass is 79.9. The predicted molar refractivity (Wildman–Crippen MR) is 74.4 cm³/mol. The fraction of sp³-hybridized carbons (Fsp3) is 0.385. The van der Waals surface area contributed by atoms with Crippen molar-refractivity contribution in [1.29, 1.82) is 0 Å². The zero-order valence-corrected chi connectivity index (χ0v) is 12.4. The molecule has 1 unspecified atom stereocenters. The van der Waals surface area contributed by atoms with Crippen molar-refractivity contribution in [1.82, 2.24) is 15.5 Å². The van der Waals surface area contributed by atoms with Crippen molar-refractivity contribution < 1.29 is 8.91 Å². The molecule has 0 saturated carbocycles. The molecule has 0 spiro atoms. The summed E-state index contributed by atoms with van der Waals surface area (Å²) in [5.41, 5.74) is 0.595. The summed E-state index contributed by atoms with van der Waals surface area (Å²) in [7, 11) is 0. The second-order valence-corrected chi connectivity index (χ2v) is 5.24. The number of rotatable bonds is 5. The monoisotopic (exact) mass is 327 g/mol. The first-order valence-corrected chi connectivity index (χ1v) is 6.90. The van der Waals surface area contributed by atoms with Gasteiger partial charge < -0.3 is 9.84 Å². The van der Waals surface area contributed by atoms with Gasteiger partial charge in [-0.05, 0) is 24.7 Å². The summed E-state index contributed by atoms with van der Waals surface area (Å²) >= 11 is 3.24. The van der Waals surface area contributed by atoms with E-state index in [-0.39, 0.29) is 11.7 Å². The second-order valence-electron chi connectivity index (χ2n) is 4.32. The minimum absolute atomic E-state index is 0.123. The molecule has 0 amide bonds. The third kappa shape index (κ3) is 3.61. The van der Waals surface area contributed by atoms with E-state index in [9.17, 15) is 4.39 Å². The van der Waals surface area contributed by atoms with E-state index in [1.807, 2.05) is 13.8 Å². The SMILES string of the molecule is CCNCC(C)c1nc(-c2cc(F)cc(Br)c2)no1. The first-order chi connectivity index (χ1) is 9.10. The number of likely N-dealkylation sites (N-methyl/N-ethyl adjacent to an activating group) is 1. The molecule has 1 N–H and O–H groups in total. The maximum absolute atomic E-state index is 13.3. The molecular formula is C13H15BrFN3O. The van der Waals surface area contributed by atoms with Crippen molar-refractivity contribution in [3.63, 3.8) is 0 Å². The second kappa shape index (κ2) is 6.25. The standard InChI is InChI=1S/C13H15BrFN3O/c1-3-16-7-8(2)13-17-12(18-19-13)9-4-10(14)6-11(15)5-9/h4-6,8,16H,3,7H2,1-2H3. The zero-order chi connectivity index (χ0) is 13.8. The topological polar surface area (TPSA) is 51.0 Å². The molecule has 1 aromatic carbocycles. The lowest BCUT2D eigenvalue weighted by Gasteiger charge is -2.05. The fourth-order valence-corrected chi connectivity index (χ4v) is 2.15. The lowest BCUT2D eigenvalue weighted by Crippen LogP contribution is -2.19. The number of hydrogen-bond acceptors (Lipinski definition) is 4. The maximum atomic E-state index is 13.3. The van der Waals surface area contributed by atoms with Crippen LogP contribution in [0.15, 0.2) is 27.2 Å². The van der Waals surface area contributed by atoms with Gasteiger partial charge in [0, 0.05) is 22.5 Å². The first-order valence-electron chi connectivity index (χ1n) is 6.11. The molecule has 0 fully saturated rings. The molecule has 0 radical (unpaired) electrons. The highest BCUT2D eigenvalue weighted by Gasteiger charge is 2.15. The van der Waals surface area contributed by atoms with Crippen molar-refractivity contribution in [3.05, 3.63) is 34.4 Å². The normalized spacial score (nSPS) is 12.6. The van der Waals surface area contributed by atoms with Gasteiger partial charge in [0.25, 0.3) is 0 Å². The van der Waals surface area contributed by atoms with Gasteiger partial charge in [-0.2, -0.15) is 4.98 Å². The van der Waals surface area contributed by atoms with Crippen LogP contribution in [-0.2, 0) is 0 Å². The van der Waals surface area contributed by atoms with Crippen LogP contribution in [0, 0.1) is 5.82 Å². The van der Waals surface area contributed by atoms with Crippen molar-refractivity contribution in [2.45, 2.75) is 19.8 Å². The number of halogens is 2. The van der Waals surface area contributed by atoms with Crippen LogP contribution < -0.4 is 5.32 Å². The first kappa shape index (κ1) is 14.1. The molecule has 0 aliphatic heterocycles. The average molecular weight is 328 g/mol. The Labute approximate surface area is 119 Å². The Morgan fingerprint density at radius 2 is 2.21 bits per heavy atom. The van der Waals surface area contributed by atoms with Gasteiger partial charge in [-0.3, -0.25) is 0 Å². The third-order valence-corrected chi connectivity index (χ3v) is 3.14. The molecule has 1 atom stereocenters. The summed E-state index contributed by atoms with van der Waals surface area (Å²) in [4.78, 5) is 4.31. The largest absolute Gasteiger partial charge is 0.339 e. The van der Waals surface area contributed by atoms with Crippen LogP contribution in [0.4, 0.5) is 4.39 Å². The van der Waals surface area contributed by atoms with Gasteiger partial charge in [-0.25, -0.2) is 4.39 Å². The minimum Gasteiger partial charge on any atom is -0.339 e. The Kier molecular flexibility index (Phi) is 4.66. The quantitative estimate of drug-likeness (QED) is 0.914. The smallest absolute Gasteiger partial charge is 0.231 e. The number of nitrogens with zero attached hydrogens (tertiary/aromatic N) is 2. The Bertz CT molecular complexity index is 538. The van der Waals surface area contributed by atoms with E-state index in [1.165, 1.54) is 12.1 Å². The Morgan fingerprint density at radius 1 is 1.42 bits per heavy atom. The van der Waals surface area contributed by atoms with Crippen LogP contribution in [0.3, 0.4) is 0 Å². The third-order valence-electron chi connectivity index (χ3n) is 2.68. The van der Waals surface area contributed by atoms with Crippen LogP contribution in [0.2, 0.25) is 0 Å². The number of nitrogens with one attached hydrogen (secondary N) is 1. The van der Waals surface area contributed by atoms with Crippen molar-refractivity contribution in [2.75, 3.05) is 13.1 Å². The van der Waals surface area contributed by atoms with Crippen LogP contribution in [0.1, 0.15) is 25.7 Å². The fourth-order valence-electron chi connectivity index (χ4n) is 1.68. The van der Waals surface area contributed by atoms with Crippen LogP contribution >= 0.6 is 15.9 Å². The summed E-state index contributed by atoms with van der Waals surface area (Å²) in [6.45, 7) is 5.70. The van der Waals surface area contributed by atoms with Gasteiger partial charge in [0.15, 0.2) is 0 Å². The number of benzene rings is 1. The van der Waals surface area contributed by atoms with Crippen molar-refractivity contribution in [2.24, 2.45) is 0 Å². The molecular weight excluding hydrogens is 313 g/mol. The molecule has 0 aliphatic rings. The summed E-state index contributed by atoms with van der Waals surface area (Å²) in [6.07, 6.45) is 0. The van der Waals surface area contributed by atoms with Gasteiger partial charge in [0.05, 0.1) is 0 Å². The molecule has 1 heterocycles. The lowest BCUT2D eigenvalue weighted by molar-refractivity contribution is 0.355. The van der Waals surface area contributed by atoms with E-state index in [0.717, 1.165) is 13.1 Å². The maximum Gasteiger partial charge on any atom is 0.231 e. The van der Waals surface area contributed by atoms with Crippen molar-refractivity contribution >= 4 is 15.9 Å². The molecule has 19 heavy (non-hydrogen) atoms. The molecule has 0 aliphatic carbocycles. The predicted octanol–water partition coefficient (Wildman–Crippen LogP) is 3.35. The van der Waals surface area contributed by atoms with Gasteiger partial charge in [-0.1, -0.05) is 34.9 Å². The Hall–Kier alpha value is -1.27. The van der Waals surface area contributed by atoms with E-state index >= 15 is 0 Å². The van der Waals surface area contributed by atoms with Gasteiger partial charge >= 0.3 is 0 Å². The number of hydrogen-bond donors (Lipinski definition) is 1. The minimum atomic E-state index is -0.337. The summed E-state index contributed by atoms with van der Waals surface area (Å²) in [6, 6.07) is 4.53. The van der Waals surface area contributed by atoms with Gasteiger partial charge in [0.2, 0.25) is 11.7 Å². The highest BCUT2D eigenvalue weighted by molar-refractivity contribution is 9.10. The zero-order valence-electron chi connectivity index (χ0n) is 10.8. The van der Waals surface area contributed by atoms with Crippen LogP contribution in [-0.4, -0.2) is 23.2 Å². The molecule has 102 valence electrons. The molecule has 6 heteroatoms. The summed E-state index contributed by atoms with van der Waals surface area (Å²) in [5, 5.41) is 7.11. The lowest BCUT2D eigenvalue weighted by atomic mass is 10.2. The van der Waals surface area contributed by atoms with E-state index in [0.29, 0.717) is 21.8 Å². The van der Waals surface area contributed by atoms with Crippen LogP contribution in [0.5, 0.6) is 0 Å². The van der Waals surface area contributed by atoms with Gasteiger partial charge in [0.1, 0.15) is 5.82 Å². The highest BCUT2D eigenvalue weighted by Crippen LogP contribution is 2.24. The Morgan fingerprint density at radius 3 is 2.89 bits per heavy atom. The van der Waals surface area contributed by atoms with E-state index in [4.69, 9.17) is 4.52 Å². The van der Waals surface area contributed by atoms with Gasteiger partial charge in [-0.15, -0.1) is 0 Å². The Balaban J connectivity index is 2.20. The van der Waals surface area contributed by atoms with E-state index in [2.05, 4.69) is 31.4 Å².